The van der Waals surface area contributed by atoms with Crippen LogP contribution in [0.25, 0.3) is 0 Å². The summed E-state index contributed by atoms with van der Waals surface area (Å²) < 4.78 is 22.6. The molecule has 0 bridgehead atoms. The number of sulfone groups is 1. The molecule has 15 heavy (non-hydrogen) atoms. The van der Waals surface area contributed by atoms with Gasteiger partial charge in [-0.2, -0.15) is 0 Å². The zero-order valence-electron chi connectivity index (χ0n) is 9.33. The van der Waals surface area contributed by atoms with Crippen molar-refractivity contribution in [3.8, 4) is 0 Å². The van der Waals surface area contributed by atoms with Crippen molar-refractivity contribution in [1.82, 2.24) is 5.32 Å². The second kappa shape index (κ2) is 3.96. The first kappa shape index (κ1) is 12.2. The SMILES string of the molecule is CC(C)=CC(=O)NC1(C)CCS(=O)(=O)C1. The van der Waals surface area contributed by atoms with Crippen molar-refractivity contribution in [1.29, 1.82) is 0 Å². The fourth-order valence-electron chi connectivity index (χ4n) is 1.70. The number of carbonyl (C=O) groups excluding carboxylic acids is 1. The van der Waals surface area contributed by atoms with Crippen molar-refractivity contribution in [2.24, 2.45) is 0 Å². The molecule has 1 saturated heterocycles. The van der Waals surface area contributed by atoms with Crippen LogP contribution in [0.15, 0.2) is 11.6 Å². The van der Waals surface area contributed by atoms with E-state index in [1.54, 1.807) is 6.92 Å². The summed E-state index contributed by atoms with van der Waals surface area (Å²) in [6.45, 7) is 5.43. The predicted octanol–water partition coefficient (Wildman–Crippen LogP) is 0.646. The van der Waals surface area contributed by atoms with Gasteiger partial charge in [0.05, 0.1) is 17.0 Å². The van der Waals surface area contributed by atoms with E-state index in [4.69, 9.17) is 0 Å². The van der Waals surface area contributed by atoms with Crippen LogP contribution >= 0.6 is 0 Å². The van der Waals surface area contributed by atoms with E-state index < -0.39 is 15.4 Å². The summed E-state index contributed by atoms with van der Waals surface area (Å²) in [6, 6.07) is 0. The second-order valence-corrected chi connectivity index (χ2v) is 6.80. The molecule has 5 heteroatoms. The van der Waals surface area contributed by atoms with Crippen LogP contribution in [0.5, 0.6) is 0 Å². The Hall–Kier alpha value is -0.840. The first-order valence-corrected chi connectivity index (χ1v) is 6.72. The predicted molar refractivity (Wildman–Crippen MR) is 59.2 cm³/mol. The molecule has 0 spiro atoms. The molecule has 0 radical (unpaired) electrons. The normalized spacial score (nSPS) is 28.5. The van der Waals surface area contributed by atoms with Gasteiger partial charge in [-0.05, 0) is 27.2 Å². The van der Waals surface area contributed by atoms with Crippen molar-refractivity contribution >= 4 is 15.7 Å². The van der Waals surface area contributed by atoms with Crippen molar-refractivity contribution < 1.29 is 13.2 Å². The molecule has 1 atom stereocenters. The largest absolute Gasteiger partial charge is 0.346 e. The van der Waals surface area contributed by atoms with Gasteiger partial charge >= 0.3 is 0 Å². The molecule has 0 aromatic carbocycles. The summed E-state index contributed by atoms with van der Waals surface area (Å²) >= 11 is 0. The lowest BCUT2D eigenvalue weighted by molar-refractivity contribution is -0.117. The molecule has 0 aromatic rings. The van der Waals surface area contributed by atoms with E-state index in [9.17, 15) is 13.2 Å². The third kappa shape index (κ3) is 3.66. The molecule has 4 nitrogen and oxygen atoms in total. The summed E-state index contributed by atoms with van der Waals surface area (Å²) in [7, 11) is -2.96. The van der Waals surface area contributed by atoms with Gasteiger partial charge in [0.1, 0.15) is 0 Å². The number of hydrogen-bond acceptors (Lipinski definition) is 3. The van der Waals surface area contributed by atoms with Crippen LogP contribution in [0, 0.1) is 0 Å². The first-order valence-electron chi connectivity index (χ1n) is 4.90. The van der Waals surface area contributed by atoms with Crippen LogP contribution in [0.2, 0.25) is 0 Å². The molecule has 1 rings (SSSR count). The highest BCUT2D eigenvalue weighted by Crippen LogP contribution is 2.22. The monoisotopic (exact) mass is 231 g/mol. The summed E-state index contributed by atoms with van der Waals surface area (Å²) in [4.78, 5) is 11.4. The average Bonchev–Trinajstić information content (AvgIpc) is 2.22. The Labute approximate surface area is 90.7 Å². The molecule has 1 unspecified atom stereocenters. The Morgan fingerprint density at radius 2 is 2.00 bits per heavy atom. The lowest BCUT2D eigenvalue weighted by Crippen LogP contribution is -2.46. The van der Waals surface area contributed by atoms with Gasteiger partial charge in [-0.1, -0.05) is 5.57 Å². The molecule has 1 aliphatic heterocycles. The summed E-state index contributed by atoms with van der Waals surface area (Å²) in [6.07, 6.45) is 1.98. The van der Waals surface area contributed by atoms with Gasteiger partial charge in [0.25, 0.3) is 0 Å². The highest BCUT2D eigenvalue weighted by atomic mass is 32.2. The number of rotatable bonds is 2. The van der Waals surface area contributed by atoms with Gasteiger partial charge in [0.15, 0.2) is 9.84 Å². The smallest absolute Gasteiger partial charge is 0.244 e. The lowest BCUT2D eigenvalue weighted by atomic mass is 10.0. The summed E-state index contributed by atoms with van der Waals surface area (Å²) in [5.41, 5.74) is 0.305. The van der Waals surface area contributed by atoms with E-state index in [1.807, 2.05) is 13.8 Å². The van der Waals surface area contributed by atoms with Crippen LogP contribution in [0.1, 0.15) is 27.2 Å². The Morgan fingerprint density at radius 3 is 2.40 bits per heavy atom. The molecular formula is C10H17NO3S. The molecule has 1 N–H and O–H groups in total. The highest BCUT2D eigenvalue weighted by Gasteiger charge is 2.38. The van der Waals surface area contributed by atoms with Gasteiger partial charge in [-0.3, -0.25) is 4.79 Å². The van der Waals surface area contributed by atoms with Crippen LogP contribution in [0.3, 0.4) is 0 Å². The fraction of sp³-hybridized carbons (Fsp3) is 0.700. The van der Waals surface area contributed by atoms with Crippen LogP contribution < -0.4 is 5.32 Å². The minimum atomic E-state index is -2.96. The van der Waals surface area contributed by atoms with Crippen molar-refractivity contribution in [2.75, 3.05) is 11.5 Å². The molecule has 86 valence electrons. The van der Waals surface area contributed by atoms with E-state index in [0.717, 1.165) is 5.57 Å². The summed E-state index contributed by atoms with van der Waals surface area (Å²) in [5.74, 6) is -0.00406. The Bertz CT molecular complexity index is 393. The number of nitrogens with one attached hydrogen (secondary N) is 1. The van der Waals surface area contributed by atoms with Crippen LogP contribution in [-0.2, 0) is 14.6 Å². The number of amides is 1. The topological polar surface area (TPSA) is 63.2 Å². The van der Waals surface area contributed by atoms with E-state index in [-0.39, 0.29) is 17.4 Å². The van der Waals surface area contributed by atoms with E-state index in [1.165, 1.54) is 6.08 Å². The third-order valence-electron chi connectivity index (χ3n) is 2.35. The van der Waals surface area contributed by atoms with Gasteiger partial charge in [-0.25, -0.2) is 8.42 Å². The number of allylic oxidation sites excluding steroid dienone is 1. The van der Waals surface area contributed by atoms with E-state index >= 15 is 0 Å². The molecule has 0 aromatic heterocycles. The molecule has 1 heterocycles. The number of hydrogen-bond donors (Lipinski definition) is 1. The zero-order chi connectivity index (χ0) is 11.7. The molecule has 1 fully saturated rings. The Morgan fingerprint density at radius 1 is 1.40 bits per heavy atom. The van der Waals surface area contributed by atoms with Crippen LogP contribution in [0.4, 0.5) is 0 Å². The van der Waals surface area contributed by atoms with Crippen molar-refractivity contribution in [2.45, 2.75) is 32.7 Å². The maximum Gasteiger partial charge on any atom is 0.244 e. The molecule has 0 aliphatic carbocycles. The van der Waals surface area contributed by atoms with E-state index in [2.05, 4.69) is 5.32 Å². The Kier molecular flexibility index (Phi) is 3.23. The van der Waals surface area contributed by atoms with Gasteiger partial charge in [-0.15, -0.1) is 0 Å². The number of carbonyl (C=O) groups is 1. The minimum absolute atomic E-state index is 0.0440. The molecule has 1 amide bonds. The van der Waals surface area contributed by atoms with Gasteiger partial charge in [0, 0.05) is 6.08 Å². The fourth-order valence-corrected chi connectivity index (χ4v) is 3.80. The molecular weight excluding hydrogens is 214 g/mol. The zero-order valence-corrected chi connectivity index (χ0v) is 10.1. The first-order chi connectivity index (χ1) is 6.72. The van der Waals surface area contributed by atoms with Crippen LogP contribution in [-0.4, -0.2) is 31.4 Å². The quantitative estimate of drug-likeness (QED) is 0.710. The molecule has 0 saturated carbocycles. The van der Waals surface area contributed by atoms with Crippen molar-refractivity contribution in [3.63, 3.8) is 0 Å². The third-order valence-corrected chi connectivity index (χ3v) is 4.25. The average molecular weight is 231 g/mol. The minimum Gasteiger partial charge on any atom is -0.346 e. The summed E-state index contributed by atoms with van der Waals surface area (Å²) in [5, 5.41) is 2.75. The van der Waals surface area contributed by atoms with Crippen molar-refractivity contribution in [3.05, 3.63) is 11.6 Å². The van der Waals surface area contributed by atoms with Gasteiger partial charge < -0.3 is 5.32 Å². The second-order valence-electron chi connectivity index (χ2n) is 4.61. The van der Waals surface area contributed by atoms with E-state index in [0.29, 0.717) is 6.42 Å². The lowest BCUT2D eigenvalue weighted by Gasteiger charge is -2.22. The Balaban J connectivity index is 2.68. The standard InChI is InChI=1S/C10H17NO3S/c1-8(2)6-9(12)11-10(3)4-5-15(13,14)7-10/h6H,4-5,7H2,1-3H3,(H,11,12). The molecule has 1 aliphatic rings. The maximum atomic E-state index is 11.4. The highest BCUT2D eigenvalue weighted by molar-refractivity contribution is 7.91. The van der Waals surface area contributed by atoms with Gasteiger partial charge in [0.2, 0.25) is 5.91 Å². The maximum absolute atomic E-state index is 11.4.